The predicted molar refractivity (Wildman–Crippen MR) is 56.7 cm³/mol. The number of carbonyl (C=O) groups excluding carboxylic acids is 1. The highest BCUT2D eigenvalue weighted by molar-refractivity contribution is 5.79. The molecule has 1 unspecified atom stereocenters. The summed E-state index contributed by atoms with van der Waals surface area (Å²) in [5.41, 5.74) is 0. The number of hydrogen-bond donors (Lipinski definition) is 2. The summed E-state index contributed by atoms with van der Waals surface area (Å²) in [5.74, 6) is 1.43. The number of hydrogen-bond acceptors (Lipinski definition) is 5. The molecule has 16 heavy (non-hydrogen) atoms. The molecule has 0 aromatic carbocycles. The lowest BCUT2D eigenvalue weighted by Crippen LogP contribution is -2.33. The van der Waals surface area contributed by atoms with Crippen LogP contribution in [0.3, 0.4) is 0 Å². The van der Waals surface area contributed by atoms with Gasteiger partial charge in [0.15, 0.2) is 5.82 Å². The molecule has 1 saturated heterocycles. The molecule has 1 aliphatic heterocycles. The van der Waals surface area contributed by atoms with Crippen molar-refractivity contribution in [1.82, 2.24) is 20.8 Å². The second kappa shape index (κ2) is 5.07. The predicted octanol–water partition coefficient (Wildman–Crippen LogP) is -0.354. The van der Waals surface area contributed by atoms with Gasteiger partial charge in [0.25, 0.3) is 0 Å². The van der Waals surface area contributed by atoms with Crippen molar-refractivity contribution in [1.29, 1.82) is 0 Å². The van der Waals surface area contributed by atoms with E-state index in [1.165, 1.54) is 0 Å². The summed E-state index contributed by atoms with van der Waals surface area (Å²) in [7, 11) is 0. The van der Waals surface area contributed by atoms with E-state index in [0.29, 0.717) is 24.7 Å². The summed E-state index contributed by atoms with van der Waals surface area (Å²) in [6.45, 7) is 4.04. The normalized spacial score (nSPS) is 19.9. The van der Waals surface area contributed by atoms with Crippen LogP contribution < -0.4 is 10.6 Å². The van der Waals surface area contributed by atoms with E-state index >= 15 is 0 Å². The van der Waals surface area contributed by atoms with E-state index in [2.05, 4.69) is 20.8 Å². The van der Waals surface area contributed by atoms with Crippen LogP contribution >= 0.6 is 0 Å². The first-order valence-electron chi connectivity index (χ1n) is 5.53. The molecular formula is C10H16N4O2. The van der Waals surface area contributed by atoms with Crippen LogP contribution in [0.4, 0.5) is 0 Å². The zero-order valence-corrected chi connectivity index (χ0v) is 9.32. The third-order valence-electron chi connectivity index (χ3n) is 2.64. The Hall–Kier alpha value is -1.43. The second-order valence-electron chi connectivity index (χ2n) is 3.97. The molecule has 1 aromatic rings. The van der Waals surface area contributed by atoms with Crippen molar-refractivity contribution in [3.8, 4) is 0 Å². The van der Waals surface area contributed by atoms with Crippen molar-refractivity contribution in [3.05, 3.63) is 11.7 Å². The van der Waals surface area contributed by atoms with Crippen molar-refractivity contribution in [2.45, 2.75) is 19.8 Å². The first kappa shape index (κ1) is 11.1. The molecule has 0 radical (unpaired) electrons. The second-order valence-corrected chi connectivity index (χ2v) is 3.97. The van der Waals surface area contributed by atoms with Crippen LogP contribution in [0.2, 0.25) is 0 Å². The fourth-order valence-corrected chi connectivity index (χ4v) is 1.76. The maximum atomic E-state index is 11.6. The number of aromatic nitrogens is 2. The van der Waals surface area contributed by atoms with Crippen molar-refractivity contribution in [2.75, 3.05) is 19.6 Å². The van der Waals surface area contributed by atoms with Crippen LogP contribution in [0.1, 0.15) is 18.1 Å². The van der Waals surface area contributed by atoms with Gasteiger partial charge in [-0.05, 0) is 19.9 Å². The molecule has 2 rings (SSSR count). The highest BCUT2D eigenvalue weighted by atomic mass is 16.5. The van der Waals surface area contributed by atoms with Crippen LogP contribution in [0.5, 0.6) is 0 Å². The van der Waals surface area contributed by atoms with Gasteiger partial charge in [-0.1, -0.05) is 5.16 Å². The largest absolute Gasteiger partial charge is 0.355 e. The minimum absolute atomic E-state index is 0.112. The van der Waals surface area contributed by atoms with E-state index < -0.39 is 0 Å². The number of amides is 1. The zero-order chi connectivity index (χ0) is 11.4. The Labute approximate surface area is 93.8 Å². The van der Waals surface area contributed by atoms with Crippen LogP contribution in [-0.2, 0) is 11.2 Å². The highest BCUT2D eigenvalue weighted by Crippen LogP contribution is 2.06. The molecule has 0 bridgehead atoms. The van der Waals surface area contributed by atoms with Crippen molar-refractivity contribution in [3.63, 3.8) is 0 Å². The minimum Gasteiger partial charge on any atom is -0.355 e. The Bertz CT molecular complexity index is 357. The number of nitrogens with one attached hydrogen (secondary N) is 2. The molecule has 0 saturated carbocycles. The highest BCUT2D eigenvalue weighted by Gasteiger charge is 2.21. The maximum Gasteiger partial charge on any atom is 0.228 e. The van der Waals surface area contributed by atoms with Crippen LogP contribution in [0.15, 0.2) is 4.52 Å². The van der Waals surface area contributed by atoms with Gasteiger partial charge < -0.3 is 15.2 Å². The standard InChI is InChI=1S/C10H16N4O2/c1-7-13-9(16-14-7)3-5-12-10(15)8-2-4-11-6-8/h8,11H,2-6H2,1H3,(H,12,15). The van der Waals surface area contributed by atoms with Gasteiger partial charge in [0.1, 0.15) is 0 Å². The smallest absolute Gasteiger partial charge is 0.228 e. The van der Waals surface area contributed by atoms with Gasteiger partial charge in [-0.25, -0.2) is 0 Å². The maximum absolute atomic E-state index is 11.6. The lowest BCUT2D eigenvalue weighted by atomic mass is 10.1. The first-order valence-corrected chi connectivity index (χ1v) is 5.53. The minimum atomic E-state index is 0.112. The van der Waals surface area contributed by atoms with Gasteiger partial charge in [0, 0.05) is 19.5 Å². The van der Waals surface area contributed by atoms with Gasteiger partial charge in [-0.15, -0.1) is 0 Å². The molecular weight excluding hydrogens is 208 g/mol. The molecule has 1 atom stereocenters. The number of rotatable bonds is 4. The number of aryl methyl sites for hydroxylation is 1. The van der Waals surface area contributed by atoms with E-state index in [9.17, 15) is 4.79 Å². The van der Waals surface area contributed by atoms with Gasteiger partial charge in [0.05, 0.1) is 5.92 Å². The average Bonchev–Trinajstić information content (AvgIpc) is 2.89. The lowest BCUT2D eigenvalue weighted by molar-refractivity contribution is -0.124. The van der Waals surface area contributed by atoms with Crippen molar-refractivity contribution >= 4 is 5.91 Å². The van der Waals surface area contributed by atoms with E-state index in [-0.39, 0.29) is 11.8 Å². The van der Waals surface area contributed by atoms with Gasteiger partial charge in [0.2, 0.25) is 11.8 Å². The summed E-state index contributed by atoms with van der Waals surface area (Å²) in [5, 5.41) is 9.72. The van der Waals surface area contributed by atoms with Crippen molar-refractivity contribution in [2.24, 2.45) is 5.92 Å². The molecule has 1 fully saturated rings. The first-order chi connectivity index (χ1) is 7.75. The molecule has 88 valence electrons. The summed E-state index contributed by atoms with van der Waals surface area (Å²) < 4.78 is 4.95. The van der Waals surface area contributed by atoms with Crippen molar-refractivity contribution < 1.29 is 9.32 Å². The third kappa shape index (κ3) is 2.79. The van der Waals surface area contributed by atoms with Crippen LogP contribution in [0, 0.1) is 12.8 Å². The Morgan fingerprint density at radius 2 is 2.56 bits per heavy atom. The van der Waals surface area contributed by atoms with Gasteiger partial charge in [-0.3, -0.25) is 4.79 Å². The van der Waals surface area contributed by atoms with Gasteiger partial charge in [-0.2, -0.15) is 4.98 Å². The fourth-order valence-electron chi connectivity index (χ4n) is 1.76. The Kier molecular flexibility index (Phi) is 3.51. The fraction of sp³-hybridized carbons (Fsp3) is 0.700. The van der Waals surface area contributed by atoms with Gasteiger partial charge >= 0.3 is 0 Å². The Morgan fingerprint density at radius 3 is 3.19 bits per heavy atom. The molecule has 0 spiro atoms. The molecule has 0 aliphatic carbocycles. The summed E-state index contributed by atoms with van der Waals surface area (Å²) in [6.07, 6.45) is 1.51. The van der Waals surface area contributed by atoms with Crippen LogP contribution in [0.25, 0.3) is 0 Å². The summed E-state index contributed by atoms with van der Waals surface area (Å²) >= 11 is 0. The summed E-state index contributed by atoms with van der Waals surface area (Å²) in [6, 6.07) is 0. The summed E-state index contributed by atoms with van der Waals surface area (Å²) in [4.78, 5) is 15.7. The molecule has 6 heteroatoms. The molecule has 2 N–H and O–H groups in total. The number of carbonyl (C=O) groups is 1. The van der Waals surface area contributed by atoms with E-state index in [1.807, 2.05) is 0 Å². The Balaban J connectivity index is 1.69. The Morgan fingerprint density at radius 1 is 1.69 bits per heavy atom. The average molecular weight is 224 g/mol. The molecule has 2 heterocycles. The molecule has 1 aromatic heterocycles. The molecule has 1 aliphatic rings. The number of nitrogens with zero attached hydrogens (tertiary/aromatic N) is 2. The monoisotopic (exact) mass is 224 g/mol. The topological polar surface area (TPSA) is 80.0 Å². The zero-order valence-electron chi connectivity index (χ0n) is 9.32. The van der Waals surface area contributed by atoms with E-state index in [4.69, 9.17) is 4.52 Å². The molecule has 6 nitrogen and oxygen atoms in total. The third-order valence-corrected chi connectivity index (χ3v) is 2.64. The van der Waals surface area contributed by atoms with Crippen LogP contribution in [-0.4, -0.2) is 35.7 Å². The quantitative estimate of drug-likeness (QED) is 0.730. The molecule has 1 amide bonds. The SMILES string of the molecule is Cc1noc(CCNC(=O)C2CCNC2)n1. The van der Waals surface area contributed by atoms with E-state index in [0.717, 1.165) is 19.5 Å². The van der Waals surface area contributed by atoms with E-state index in [1.54, 1.807) is 6.92 Å². The lowest BCUT2D eigenvalue weighted by Gasteiger charge is -2.08.